The minimum atomic E-state index is 0.257. The molecule has 0 saturated carbocycles. The van der Waals surface area contributed by atoms with E-state index in [0.29, 0.717) is 17.8 Å². The van der Waals surface area contributed by atoms with E-state index in [1.165, 1.54) is 24.1 Å². The van der Waals surface area contributed by atoms with E-state index in [1.54, 1.807) is 0 Å². The van der Waals surface area contributed by atoms with Crippen LogP contribution in [0, 0.1) is 11.8 Å². The molecule has 1 aliphatic rings. The Morgan fingerprint density at radius 3 is 2.41 bits per heavy atom. The van der Waals surface area contributed by atoms with Gasteiger partial charge in [0.15, 0.2) is 0 Å². The Kier molecular flexibility index (Phi) is 10.6. The van der Waals surface area contributed by atoms with Gasteiger partial charge in [0.2, 0.25) is 0 Å². The highest BCUT2D eigenvalue weighted by atomic mass is 32.1. The summed E-state index contributed by atoms with van der Waals surface area (Å²) in [5.74, 6) is 1.95. The summed E-state index contributed by atoms with van der Waals surface area (Å²) in [5, 5.41) is 12.7. The standard InChI is InChI=1S/C19H32N2OS.C6H6/c1-4-21(9-10-22)13-14(2)5-6-16-12-20-19-8-7-17(23)11-18(19)15(16)3;1-2-4-6-5-3-1/h7-8,11,14-16,20,22-23H,4-6,9-10,12-13H2,1-3H3;1-6H. The van der Waals surface area contributed by atoms with E-state index in [2.05, 4.69) is 61.8 Å². The average Bonchev–Trinajstić information content (AvgIpc) is 2.75. The van der Waals surface area contributed by atoms with Crippen molar-refractivity contribution in [1.29, 1.82) is 0 Å². The molecule has 3 nitrogen and oxygen atoms in total. The van der Waals surface area contributed by atoms with E-state index in [0.717, 1.165) is 31.1 Å². The second kappa shape index (κ2) is 12.9. The molecule has 3 atom stereocenters. The molecule has 2 N–H and O–H groups in total. The van der Waals surface area contributed by atoms with Gasteiger partial charge in [0.05, 0.1) is 6.61 Å². The minimum Gasteiger partial charge on any atom is -0.395 e. The summed E-state index contributed by atoms with van der Waals surface area (Å²) in [6.07, 6.45) is 2.50. The number of fused-ring (bicyclic) bond motifs is 1. The highest BCUT2D eigenvalue weighted by Gasteiger charge is 2.26. The largest absolute Gasteiger partial charge is 0.395 e. The zero-order chi connectivity index (χ0) is 21.1. The number of hydrogen-bond donors (Lipinski definition) is 3. The van der Waals surface area contributed by atoms with E-state index in [1.807, 2.05) is 36.4 Å². The number of aliphatic hydroxyl groups is 1. The van der Waals surface area contributed by atoms with Crippen LogP contribution in [0.1, 0.15) is 45.1 Å². The zero-order valence-corrected chi connectivity index (χ0v) is 19.1. The van der Waals surface area contributed by atoms with Crippen LogP contribution in [0.25, 0.3) is 0 Å². The van der Waals surface area contributed by atoms with Crippen molar-refractivity contribution in [3.05, 3.63) is 60.2 Å². The molecular formula is C25H38N2OS. The molecule has 0 aliphatic carbocycles. The molecule has 0 spiro atoms. The van der Waals surface area contributed by atoms with Crippen molar-refractivity contribution < 1.29 is 5.11 Å². The van der Waals surface area contributed by atoms with Gasteiger partial charge in [0.25, 0.3) is 0 Å². The fraction of sp³-hybridized carbons (Fsp3) is 0.520. The molecule has 0 radical (unpaired) electrons. The van der Waals surface area contributed by atoms with Crippen molar-refractivity contribution in [2.75, 3.05) is 38.1 Å². The van der Waals surface area contributed by atoms with Gasteiger partial charge < -0.3 is 15.3 Å². The van der Waals surface area contributed by atoms with Crippen LogP contribution in [0.15, 0.2) is 59.5 Å². The lowest BCUT2D eigenvalue weighted by atomic mass is 9.80. The SMILES string of the molecule is CCN(CCO)CC(C)CCC1CNc2ccc(S)cc2C1C.c1ccccc1. The number of rotatable bonds is 8. The lowest BCUT2D eigenvalue weighted by Gasteiger charge is -2.33. The summed E-state index contributed by atoms with van der Waals surface area (Å²) in [4.78, 5) is 3.39. The van der Waals surface area contributed by atoms with Gasteiger partial charge in [0, 0.05) is 30.2 Å². The molecule has 160 valence electrons. The number of aliphatic hydroxyl groups excluding tert-OH is 1. The minimum absolute atomic E-state index is 0.257. The molecule has 0 fully saturated rings. The number of hydrogen-bond acceptors (Lipinski definition) is 4. The third-order valence-electron chi connectivity index (χ3n) is 5.92. The Labute approximate surface area is 182 Å². The second-order valence-electron chi connectivity index (χ2n) is 8.16. The van der Waals surface area contributed by atoms with Crippen LogP contribution in [0.3, 0.4) is 0 Å². The quantitative estimate of drug-likeness (QED) is 0.497. The Balaban J connectivity index is 0.000000426. The molecule has 1 heterocycles. The van der Waals surface area contributed by atoms with Gasteiger partial charge >= 0.3 is 0 Å². The Hall–Kier alpha value is -1.49. The molecule has 3 rings (SSSR count). The van der Waals surface area contributed by atoms with Gasteiger partial charge in [-0.3, -0.25) is 0 Å². The number of nitrogens with one attached hydrogen (secondary N) is 1. The van der Waals surface area contributed by atoms with Crippen LogP contribution in [-0.4, -0.2) is 42.8 Å². The number of anilines is 1. The molecule has 2 aromatic carbocycles. The van der Waals surface area contributed by atoms with Crippen molar-refractivity contribution in [3.8, 4) is 0 Å². The van der Waals surface area contributed by atoms with Crippen molar-refractivity contribution in [2.24, 2.45) is 11.8 Å². The molecular weight excluding hydrogens is 376 g/mol. The normalized spacial score (nSPS) is 19.0. The molecule has 29 heavy (non-hydrogen) atoms. The summed E-state index contributed by atoms with van der Waals surface area (Å²) in [5.41, 5.74) is 2.69. The first-order valence-electron chi connectivity index (χ1n) is 10.9. The first-order valence-corrected chi connectivity index (χ1v) is 11.4. The Bertz CT molecular complexity index is 668. The fourth-order valence-corrected chi connectivity index (χ4v) is 4.26. The molecule has 3 unspecified atom stereocenters. The zero-order valence-electron chi connectivity index (χ0n) is 18.2. The van der Waals surface area contributed by atoms with E-state index >= 15 is 0 Å². The first kappa shape index (κ1) is 23.8. The van der Waals surface area contributed by atoms with E-state index in [-0.39, 0.29) is 6.61 Å². The summed E-state index contributed by atoms with van der Waals surface area (Å²) in [6.45, 7) is 11.1. The number of thiol groups is 1. The predicted octanol–water partition coefficient (Wildman–Crippen LogP) is 5.54. The van der Waals surface area contributed by atoms with Gasteiger partial charge in [0.1, 0.15) is 0 Å². The molecule has 0 bridgehead atoms. The van der Waals surface area contributed by atoms with Gasteiger partial charge in [-0.25, -0.2) is 0 Å². The van der Waals surface area contributed by atoms with Gasteiger partial charge in [-0.2, -0.15) is 0 Å². The maximum Gasteiger partial charge on any atom is 0.0558 e. The third-order valence-corrected chi connectivity index (χ3v) is 6.20. The van der Waals surface area contributed by atoms with Crippen LogP contribution < -0.4 is 5.32 Å². The van der Waals surface area contributed by atoms with Crippen LogP contribution in [0.4, 0.5) is 5.69 Å². The van der Waals surface area contributed by atoms with E-state index in [9.17, 15) is 0 Å². The second-order valence-corrected chi connectivity index (χ2v) is 8.67. The molecule has 2 aromatic rings. The maximum absolute atomic E-state index is 9.11. The average molecular weight is 415 g/mol. The lowest BCUT2D eigenvalue weighted by Crippen LogP contribution is -2.32. The third kappa shape index (κ3) is 8.04. The number of nitrogens with zero attached hydrogens (tertiary/aromatic N) is 1. The first-order chi connectivity index (χ1) is 14.0. The van der Waals surface area contributed by atoms with E-state index < -0.39 is 0 Å². The van der Waals surface area contributed by atoms with Crippen LogP contribution in [-0.2, 0) is 0 Å². The number of benzene rings is 2. The molecule has 1 aliphatic heterocycles. The van der Waals surface area contributed by atoms with Crippen LogP contribution >= 0.6 is 12.6 Å². The van der Waals surface area contributed by atoms with Gasteiger partial charge in [-0.15, -0.1) is 12.6 Å². The topological polar surface area (TPSA) is 35.5 Å². The van der Waals surface area contributed by atoms with Crippen molar-refractivity contribution in [1.82, 2.24) is 4.90 Å². The molecule has 0 saturated heterocycles. The lowest BCUT2D eigenvalue weighted by molar-refractivity contribution is 0.179. The predicted molar refractivity (Wildman–Crippen MR) is 128 cm³/mol. The Morgan fingerprint density at radius 1 is 1.17 bits per heavy atom. The summed E-state index contributed by atoms with van der Waals surface area (Å²) >= 11 is 4.49. The maximum atomic E-state index is 9.11. The summed E-state index contributed by atoms with van der Waals surface area (Å²) < 4.78 is 0. The number of likely N-dealkylation sites (N-methyl/N-ethyl adjacent to an activating group) is 1. The van der Waals surface area contributed by atoms with Crippen LogP contribution in [0.5, 0.6) is 0 Å². The van der Waals surface area contributed by atoms with Crippen molar-refractivity contribution in [3.63, 3.8) is 0 Å². The molecule has 4 heteroatoms. The van der Waals surface area contributed by atoms with Crippen LogP contribution in [0.2, 0.25) is 0 Å². The molecule has 0 amide bonds. The molecule has 0 aromatic heterocycles. The fourth-order valence-electron chi connectivity index (χ4n) is 4.05. The van der Waals surface area contributed by atoms with E-state index in [4.69, 9.17) is 5.11 Å². The Morgan fingerprint density at radius 2 is 1.83 bits per heavy atom. The smallest absolute Gasteiger partial charge is 0.0558 e. The summed E-state index contributed by atoms with van der Waals surface area (Å²) in [7, 11) is 0. The van der Waals surface area contributed by atoms with Gasteiger partial charge in [-0.1, -0.05) is 57.2 Å². The van der Waals surface area contributed by atoms with Crippen molar-refractivity contribution in [2.45, 2.75) is 44.4 Å². The highest BCUT2D eigenvalue weighted by molar-refractivity contribution is 7.80. The summed E-state index contributed by atoms with van der Waals surface area (Å²) in [6, 6.07) is 18.4. The highest BCUT2D eigenvalue weighted by Crippen LogP contribution is 2.38. The van der Waals surface area contributed by atoms with Gasteiger partial charge in [-0.05, 0) is 60.9 Å². The van der Waals surface area contributed by atoms with Crippen molar-refractivity contribution >= 4 is 18.3 Å². The monoisotopic (exact) mass is 414 g/mol.